The van der Waals surface area contributed by atoms with Gasteiger partial charge in [-0.15, -0.1) is 0 Å². The van der Waals surface area contributed by atoms with E-state index in [4.69, 9.17) is 4.74 Å². The van der Waals surface area contributed by atoms with E-state index in [1.165, 1.54) is 7.11 Å². The number of carbonyl (C=O) groups is 1. The summed E-state index contributed by atoms with van der Waals surface area (Å²) in [6.07, 6.45) is -0.683. The average molecular weight is 302 g/mol. The van der Waals surface area contributed by atoms with Crippen LogP contribution in [0.4, 0.5) is 0 Å². The molecule has 0 heterocycles. The molecule has 0 saturated heterocycles. The molecule has 0 spiro atoms. The van der Waals surface area contributed by atoms with Crippen molar-refractivity contribution in [2.45, 2.75) is 13.0 Å². The minimum absolute atomic E-state index is 0.179. The highest BCUT2D eigenvalue weighted by atomic mass is 79.9. The van der Waals surface area contributed by atoms with Gasteiger partial charge in [0, 0.05) is 23.7 Å². The molecule has 0 bridgehead atoms. The Morgan fingerprint density at radius 1 is 1.53 bits per heavy atom. The molecule has 17 heavy (non-hydrogen) atoms. The lowest BCUT2D eigenvalue weighted by molar-refractivity contribution is 0.0610. The number of amides is 1. The number of rotatable bonds is 5. The zero-order valence-corrected chi connectivity index (χ0v) is 11.5. The number of hydrogen-bond acceptors (Lipinski definition) is 3. The predicted octanol–water partition coefficient (Wildman–Crippen LogP) is 1.49. The van der Waals surface area contributed by atoms with Crippen LogP contribution in [0.25, 0.3) is 0 Å². The smallest absolute Gasteiger partial charge is 0.251 e. The molecule has 94 valence electrons. The van der Waals surface area contributed by atoms with E-state index in [1.807, 2.05) is 13.0 Å². The van der Waals surface area contributed by atoms with Crippen LogP contribution >= 0.6 is 15.9 Å². The molecule has 0 fully saturated rings. The summed E-state index contributed by atoms with van der Waals surface area (Å²) in [6, 6.07) is 5.46. The van der Waals surface area contributed by atoms with Gasteiger partial charge in [-0.2, -0.15) is 0 Å². The Labute approximate surface area is 109 Å². The molecule has 0 aliphatic heterocycles. The summed E-state index contributed by atoms with van der Waals surface area (Å²) in [6.45, 7) is 2.30. The van der Waals surface area contributed by atoms with Crippen molar-refractivity contribution < 1.29 is 14.6 Å². The van der Waals surface area contributed by atoms with Crippen LogP contribution in [0.5, 0.6) is 0 Å². The van der Waals surface area contributed by atoms with E-state index in [0.29, 0.717) is 5.56 Å². The van der Waals surface area contributed by atoms with Crippen molar-refractivity contribution in [3.05, 3.63) is 33.8 Å². The summed E-state index contributed by atoms with van der Waals surface area (Å²) < 4.78 is 5.63. The Morgan fingerprint density at radius 2 is 2.24 bits per heavy atom. The second-order valence-electron chi connectivity index (χ2n) is 3.84. The number of aliphatic hydroxyl groups excluding tert-OH is 1. The first-order valence-electron chi connectivity index (χ1n) is 5.25. The van der Waals surface area contributed by atoms with E-state index >= 15 is 0 Å². The number of carbonyl (C=O) groups excluding carboxylic acids is 1. The first kappa shape index (κ1) is 14.2. The third kappa shape index (κ3) is 4.85. The SMILES string of the molecule is COC[C@@H](O)CNC(=O)c1cc(C)cc(Br)c1. The average Bonchev–Trinajstić information content (AvgIpc) is 2.25. The van der Waals surface area contributed by atoms with Gasteiger partial charge < -0.3 is 15.2 Å². The van der Waals surface area contributed by atoms with Gasteiger partial charge in [-0.05, 0) is 30.7 Å². The highest BCUT2D eigenvalue weighted by molar-refractivity contribution is 9.10. The molecule has 5 heteroatoms. The Balaban J connectivity index is 2.58. The highest BCUT2D eigenvalue weighted by Gasteiger charge is 2.09. The summed E-state index contributed by atoms with van der Waals surface area (Å²) in [5, 5.41) is 12.1. The maximum atomic E-state index is 11.8. The van der Waals surface area contributed by atoms with Crippen LogP contribution in [0.15, 0.2) is 22.7 Å². The Morgan fingerprint density at radius 3 is 2.82 bits per heavy atom. The van der Waals surface area contributed by atoms with Crippen molar-refractivity contribution >= 4 is 21.8 Å². The summed E-state index contributed by atoms with van der Waals surface area (Å²) in [5.41, 5.74) is 1.57. The topological polar surface area (TPSA) is 58.6 Å². The third-order valence-corrected chi connectivity index (χ3v) is 2.62. The molecule has 0 aliphatic rings. The molecule has 1 amide bonds. The second-order valence-corrected chi connectivity index (χ2v) is 4.75. The minimum Gasteiger partial charge on any atom is -0.389 e. The van der Waals surface area contributed by atoms with Crippen LogP contribution in [-0.2, 0) is 4.74 Å². The normalized spacial score (nSPS) is 12.2. The van der Waals surface area contributed by atoms with Crippen LogP contribution in [-0.4, -0.2) is 37.4 Å². The largest absolute Gasteiger partial charge is 0.389 e. The fourth-order valence-electron chi connectivity index (χ4n) is 1.43. The van der Waals surface area contributed by atoms with Crippen molar-refractivity contribution in [2.75, 3.05) is 20.3 Å². The van der Waals surface area contributed by atoms with Crippen LogP contribution in [0.3, 0.4) is 0 Å². The first-order chi connectivity index (χ1) is 8.02. The van der Waals surface area contributed by atoms with Crippen molar-refractivity contribution in [1.29, 1.82) is 0 Å². The molecule has 1 atom stereocenters. The first-order valence-corrected chi connectivity index (χ1v) is 6.04. The lowest BCUT2D eigenvalue weighted by atomic mass is 10.1. The summed E-state index contributed by atoms with van der Waals surface area (Å²) in [5.74, 6) is -0.204. The van der Waals surface area contributed by atoms with E-state index in [1.54, 1.807) is 12.1 Å². The number of halogens is 1. The molecule has 1 aromatic carbocycles. The minimum atomic E-state index is -0.683. The number of ether oxygens (including phenoxy) is 1. The monoisotopic (exact) mass is 301 g/mol. The molecular weight excluding hydrogens is 286 g/mol. The number of aliphatic hydroxyl groups is 1. The van der Waals surface area contributed by atoms with Crippen LogP contribution in [0.2, 0.25) is 0 Å². The van der Waals surface area contributed by atoms with E-state index in [-0.39, 0.29) is 19.1 Å². The lowest BCUT2D eigenvalue weighted by Gasteiger charge is -2.11. The van der Waals surface area contributed by atoms with Crippen LogP contribution < -0.4 is 5.32 Å². The third-order valence-electron chi connectivity index (χ3n) is 2.16. The van der Waals surface area contributed by atoms with Crippen molar-refractivity contribution in [3.8, 4) is 0 Å². The molecule has 2 N–H and O–H groups in total. The van der Waals surface area contributed by atoms with Gasteiger partial charge in [-0.3, -0.25) is 4.79 Å². The van der Waals surface area contributed by atoms with Gasteiger partial charge in [0.2, 0.25) is 0 Å². The van der Waals surface area contributed by atoms with Crippen LogP contribution in [0, 0.1) is 6.92 Å². The van der Waals surface area contributed by atoms with E-state index in [9.17, 15) is 9.90 Å². The summed E-state index contributed by atoms with van der Waals surface area (Å²) >= 11 is 3.34. The molecule has 0 saturated carbocycles. The van der Waals surface area contributed by atoms with Gasteiger partial charge in [0.25, 0.3) is 5.91 Å². The summed E-state index contributed by atoms with van der Waals surface area (Å²) in [7, 11) is 1.50. The maximum Gasteiger partial charge on any atom is 0.251 e. The Bertz CT molecular complexity index is 375. The fraction of sp³-hybridized carbons (Fsp3) is 0.417. The van der Waals surface area contributed by atoms with Gasteiger partial charge in [0.1, 0.15) is 0 Å². The van der Waals surface area contributed by atoms with E-state index < -0.39 is 6.10 Å². The number of aryl methyl sites for hydroxylation is 1. The van der Waals surface area contributed by atoms with Crippen molar-refractivity contribution in [3.63, 3.8) is 0 Å². The molecule has 4 nitrogen and oxygen atoms in total. The zero-order chi connectivity index (χ0) is 12.8. The number of benzene rings is 1. The molecule has 1 rings (SSSR count). The van der Waals surface area contributed by atoms with Gasteiger partial charge in [0.15, 0.2) is 0 Å². The number of methoxy groups -OCH3 is 1. The predicted molar refractivity (Wildman–Crippen MR) is 69.1 cm³/mol. The van der Waals surface area contributed by atoms with Gasteiger partial charge in [0.05, 0.1) is 12.7 Å². The van der Waals surface area contributed by atoms with E-state index in [2.05, 4.69) is 21.2 Å². The molecule has 0 aliphatic carbocycles. The zero-order valence-electron chi connectivity index (χ0n) is 9.87. The Hall–Kier alpha value is -0.910. The standard InChI is InChI=1S/C12H16BrNO3/c1-8-3-9(5-10(13)4-8)12(16)14-6-11(15)7-17-2/h3-5,11,15H,6-7H2,1-2H3,(H,14,16)/t11-/m0/s1. The van der Waals surface area contributed by atoms with Crippen LogP contribution in [0.1, 0.15) is 15.9 Å². The molecule has 1 aromatic rings. The van der Waals surface area contributed by atoms with Crippen molar-refractivity contribution in [2.24, 2.45) is 0 Å². The van der Waals surface area contributed by atoms with Gasteiger partial charge >= 0.3 is 0 Å². The number of nitrogens with one attached hydrogen (secondary N) is 1. The molecule has 0 unspecified atom stereocenters. The molecule has 0 radical (unpaired) electrons. The van der Waals surface area contributed by atoms with E-state index in [0.717, 1.165) is 10.0 Å². The summed E-state index contributed by atoms with van der Waals surface area (Å²) in [4.78, 5) is 11.8. The maximum absolute atomic E-state index is 11.8. The lowest BCUT2D eigenvalue weighted by Crippen LogP contribution is -2.34. The molecule has 0 aromatic heterocycles. The quantitative estimate of drug-likeness (QED) is 0.866. The highest BCUT2D eigenvalue weighted by Crippen LogP contribution is 2.15. The van der Waals surface area contributed by atoms with Crippen molar-refractivity contribution in [1.82, 2.24) is 5.32 Å². The van der Waals surface area contributed by atoms with Gasteiger partial charge in [-0.1, -0.05) is 15.9 Å². The Kier molecular flexibility index (Phi) is 5.61. The molecular formula is C12H16BrNO3. The number of hydrogen-bond donors (Lipinski definition) is 2. The second kappa shape index (κ2) is 6.74. The fourth-order valence-corrected chi connectivity index (χ4v) is 2.04. The van der Waals surface area contributed by atoms with Gasteiger partial charge in [-0.25, -0.2) is 0 Å².